The Morgan fingerprint density at radius 3 is 2.56 bits per heavy atom. The van der Waals surface area contributed by atoms with Gasteiger partial charge in [-0.15, -0.1) is 0 Å². The van der Waals surface area contributed by atoms with Gasteiger partial charge >= 0.3 is 0 Å². The number of hydrogen-bond acceptors (Lipinski definition) is 0. The summed E-state index contributed by atoms with van der Waals surface area (Å²) < 4.78 is 0. The Kier molecular flexibility index (Phi) is 7.06. The van der Waals surface area contributed by atoms with Gasteiger partial charge in [-0.25, -0.2) is 0 Å². The second-order valence-electron chi connectivity index (χ2n) is 4.81. The Morgan fingerprint density at radius 1 is 1.19 bits per heavy atom. The molecule has 1 saturated carbocycles. The topological polar surface area (TPSA) is 0 Å². The van der Waals surface area contributed by atoms with E-state index in [2.05, 4.69) is 31.8 Å². The Labute approximate surface area is 102 Å². The van der Waals surface area contributed by atoms with Crippen LogP contribution in [0.2, 0.25) is 0 Å². The summed E-state index contributed by atoms with van der Waals surface area (Å²) in [4.78, 5) is 0. The number of rotatable bonds is 4. The summed E-state index contributed by atoms with van der Waals surface area (Å²) >= 11 is 0. The summed E-state index contributed by atoms with van der Waals surface area (Å²) in [5.41, 5.74) is 1.44. The van der Waals surface area contributed by atoms with E-state index in [1.807, 2.05) is 0 Å². The first-order chi connectivity index (χ1) is 7.88. The van der Waals surface area contributed by atoms with Gasteiger partial charge in [0.05, 0.1) is 0 Å². The molecule has 0 unspecified atom stereocenters. The predicted octanol–water partition coefficient (Wildman–Crippen LogP) is 5.10. The van der Waals surface area contributed by atoms with E-state index in [0.29, 0.717) is 0 Å². The highest BCUT2D eigenvalue weighted by Crippen LogP contribution is 2.29. The van der Waals surface area contributed by atoms with Crippen LogP contribution in [0.15, 0.2) is 11.6 Å². The van der Waals surface area contributed by atoms with E-state index >= 15 is 0 Å². The molecule has 0 heteroatoms. The van der Waals surface area contributed by atoms with Crippen molar-refractivity contribution in [3.8, 4) is 11.8 Å². The molecule has 1 rings (SSSR count). The van der Waals surface area contributed by atoms with Crippen molar-refractivity contribution in [2.24, 2.45) is 5.92 Å². The van der Waals surface area contributed by atoms with Crippen LogP contribution in [0.5, 0.6) is 0 Å². The molecule has 0 saturated heterocycles. The lowest BCUT2D eigenvalue weighted by Gasteiger charge is -2.21. The van der Waals surface area contributed by atoms with E-state index < -0.39 is 0 Å². The minimum Gasteiger partial charge on any atom is -0.0982 e. The van der Waals surface area contributed by atoms with Crippen molar-refractivity contribution in [2.75, 3.05) is 0 Å². The predicted molar refractivity (Wildman–Crippen MR) is 72.3 cm³/mol. The Hall–Kier alpha value is -0.700. The molecule has 1 aliphatic carbocycles. The fourth-order valence-electron chi connectivity index (χ4n) is 2.38. The lowest BCUT2D eigenvalue weighted by molar-refractivity contribution is 0.409. The van der Waals surface area contributed by atoms with Crippen LogP contribution in [0.1, 0.15) is 71.6 Å². The van der Waals surface area contributed by atoms with Crippen LogP contribution in [0.3, 0.4) is 0 Å². The van der Waals surface area contributed by atoms with Crippen LogP contribution in [0.4, 0.5) is 0 Å². The molecule has 90 valence electrons. The maximum Gasteiger partial charge on any atom is 0.00922 e. The Bertz CT molecular complexity index is 255. The fourth-order valence-corrected chi connectivity index (χ4v) is 2.38. The van der Waals surface area contributed by atoms with Crippen molar-refractivity contribution in [1.82, 2.24) is 0 Å². The fraction of sp³-hybridized carbons (Fsp3) is 0.750. The molecule has 0 atom stereocenters. The van der Waals surface area contributed by atoms with Gasteiger partial charge in [0.15, 0.2) is 0 Å². The van der Waals surface area contributed by atoms with Crippen LogP contribution in [0.25, 0.3) is 0 Å². The largest absolute Gasteiger partial charge is 0.0982 e. The highest BCUT2D eigenvalue weighted by Gasteiger charge is 2.15. The molecule has 0 aromatic rings. The average molecular weight is 218 g/mol. The molecule has 0 amide bonds. The highest BCUT2D eigenvalue weighted by molar-refractivity contribution is 5.31. The van der Waals surface area contributed by atoms with Crippen molar-refractivity contribution in [1.29, 1.82) is 0 Å². The van der Waals surface area contributed by atoms with Crippen LogP contribution in [0, 0.1) is 17.8 Å². The van der Waals surface area contributed by atoms with Crippen LogP contribution < -0.4 is 0 Å². The minimum absolute atomic E-state index is 0.780. The standard InChI is InChI=1S/C16H26/c1-3-5-6-8-12-15(11-4-2)16-13-9-7-10-14-16/h11,16H,3-7,9-10,13-14H2,1-2H3/b15-11+. The van der Waals surface area contributed by atoms with Gasteiger partial charge < -0.3 is 0 Å². The molecule has 1 aliphatic rings. The normalized spacial score (nSPS) is 18.0. The highest BCUT2D eigenvalue weighted by atomic mass is 14.2. The first-order valence-electron chi connectivity index (χ1n) is 7.07. The molecule has 0 aromatic heterocycles. The molecular formula is C16H26. The zero-order chi connectivity index (χ0) is 11.6. The second kappa shape index (κ2) is 8.45. The molecule has 0 aromatic carbocycles. The van der Waals surface area contributed by atoms with Crippen molar-refractivity contribution in [2.45, 2.75) is 71.6 Å². The first-order valence-corrected chi connectivity index (χ1v) is 7.07. The Balaban J connectivity index is 2.51. The summed E-state index contributed by atoms with van der Waals surface area (Å²) in [6.07, 6.45) is 14.0. The van der Waals surface area contributed by atoms with Gasteiger partial charge in [0.1, 0.15) is 0 Å². The van der Waals surface area contributed by atoms with Crippen molar-refractivity contribution < 1.29 is 0 Å². The third kappa shape index (κ3) is 4.88. The van der Waals surface area contributed by atoms with E-state index in [0.717, 1.165) is 18.8 Å². The van der Waals surface area contributed by atoms with Gasteiger partial charge in [0.25, 0.3) is 0 Å². The number of hydrogen-bond donors (Lipinski definition) is 0. The van der Waals surface area contributed by atoms with E-state index in [9.17, 15) is 0 Å². The Morgan fingerprint density at radius 2 is 1.94 bits per heavy atom. The van der Waals surface area contributed by atoms with Gasteiger partial charge in [-0.05, 0) is 31.6 Å². The van der Waals surface area contributed by atoms with Gasteiger partial charge in [0, 0.05) is 12.0 Å². The average Bonchev–Trinajstić information content (AvgIpc) is 2.34. The zero-order valence-electron chi connectivity index (χ0n) is 11.0. The molecule has 0 aliphatic heterocycles. The number of unbranched alkanes of at least 4 members (excludes halogenated alkanes) is 2. The molecule has 0 nitrogen and oxygen atoms in total. The molecule has 16 heavy (non-hydrogen) atoms. The maximum atomic E-state index is 3.44. The molecule has 0 N–H and O–H groups in total. The zero-order valence-corrected chi connectivity index (χ0v) is 11.0. The quantitative estimate of drug-likeness (QED) is 0.455. The van der Waals surface area contributed by atoms with Crippen LogP contribution in [-0.2, 0) is 0 Å². The van der Waals surface area contributed by atoms with Crippen LogP contribution >= 0.6 is 0 Å². The van der Waals surface area contributed by atoms with Gasteiger partial charge in [-0.2, -0.15) is 0 Å². The summed E-state index contributed by atoms with van der Waals surface area (Å²) in [7, 11) is 0. The summed E-state index contributed by atoms with van der Waals surface area (Å²) in [6, 6.07) is 0. The SMILES string of the molecule is CC/C=C(\C#CCCCC)C1CCCCC1. The molecule has 0 bridgehead atoms. The first kappa shape index (κ1) is 13.4. The minimum atomic E-state index is 0.780. The van der Waals surface area contributed by atoms with Crippen molar-refractivity contribution >= 4 is 0 Å². The van der Waals surface area contributed by atoms with Gasteiger partial charge in [-0.1, -0.05) is 57.4 Å². The smallest absolute Gasteiger partial charge is 0.00922 e. The second-order valence-corrected chi connectivity index (χ2v) is 4.81. The molecule has 0 radical (unpaired) electrons. The monoisotopic (exact) mass is 218 g/mol. The van der Waals surface area contributed by atoms with E-state index in [1.54, 1.807) is 0 Å². The summed E-state index contributed by atoms with van der Waals surface area (Å²) in [6.45, 7) is 4.45. The lowest BCUT2D eigenvalue weighted by atomic mass is 9.83. The van der Waals surface area contributed by atoms with Gasteiger partial charge in [-0.3, -0.25) is 0 Å². The van der Waals surface area contributed by atoms with Crippen LogP contribution in [-0.4, -0.2) is 0 Å². The van der Waals surface area contributed by atoms with E-state index in [1.165, 1.54) is 50.5 Å². The van der Waals surface area contributed by atoms with Gasteiger partial charge in [0.2, 0.25) is 0 Å². The molecule has 0 spiro atoms. The van der Waals surface area contributed by atoms with E-state index in [-0.39, 0.29) is 0 Å². The summed E-state index contributed by atoms with van der Waals surface area (Å²) in [5, 5.41) is 0. The third-order valence-corrected chi connectivity index (χ3v) is 3.36. The number of allylic oxidation sites excluding steroid dienone is 2. The summed E-state index contributed by atoms with van der Waals surface area (Å²) in [5.74, 6) is 7.57. The van der Waals surface area contributed by atoms with Crippen molar-refractivity contribution in [3.05, 3.63) is 11.6 Å². The van der Waals surface area contributed by atoms with E-state index in [4.69, 9.17) is 0 Å². The molecule has 0 heterocycles. The maximum absolute atomic E-state index is 3.44. The molecule has 1 fully saturated rings. The van der Waals surface area contributed by atoms with Crippen molar-refractivity contribution in [3.63, 3.8) is 0 Å². The molecular weight excluding hydrogens is 192 g/mol. The third-order valence-electron chi connectivity index (χ3n) is 3.36. The lowest BCUT2D eigenvalue weighted by Crippen LogP contribution is -2.08.